The number of hydrogen-bond acceptors (Lipinski definition) is 5. The topological polar surface area (TPSA) is 51.2 Å². The minimum Gasteiger partial charge on any atom is -0.465 e. The van der Waals surface area contributed by atoms with Crippen LogP contribution in [0.25, 0.3) is 0 Å². The van der Waals surface area contributed by atoms with Gasteiger partial charge in [-0.25, -0.2) is 9.18 Å². The van der Waals surface area contributed by atoms with Gasteiger partial charge in [0.05, 0.1) is 24.6 Å². The SMILES string of the molecule is COC(=O)c1ccncc1NC[C@@H]1CCCc2cc(Sc3ccc(F)cc3)ccc21. The van der Waals surface area contributed by atoms with Crippen LogP contribution in [0.5, 0.6) is 0 Å². The lowest BCUT2D eigenvalue weighted by atomic mass is 9.83. The summed E-state index contributed by atoms with van der Waals surface area (Å²) in [6, 6.07) is 14.8. The molecule has 1 N–H and O–H groups in total. The second-order valence-electron chi connectivity index (χ2n) is 7.30. The minimum absolute atomic E-state index is 0.218. The van der Waals surface area contributed by atoms with Crippen LogP contribution in [0.4, 0.5) is 10.1 Å². The molecule has 0 bridgehead atoms. The van der Waals surface area contributed by atoms with E-state index in [0.29, 0.717) is 17.2 Å². The molecular weight excluding hydrogens is 399 g/mol. The molecule has 1 aliphatic carbocycles. The quantitative estimate of drug-likeness (QED) is 0.517. The number of rotatable bonds is 6. The maximum absolute atomic E-state index is 13.1. The van der Waals surface area contributed by atoms with Gasteiger partial charge in [0.15, 0.2) is 0 Å². The predicted octanol–water partition coefficient (Wildman–Crippen LogP) is 5.69. The number of esters is 1. The monoisotopic (exact) mass is 422 g/mol. The van der Waals surface area contributed by atoms with Crippen LogP contribution < -0.4 is 5.32 Å². The Bertz CT molecular complexity index is 1040. The van der Waals surface area contributed by atoms with Crippen LogP contribution in [0, 0.1) is 5.82 Å². The first-order valence-electron chi connectivity index (χ1n) is 9.96. The number of methoxy groups -OCH3 is 1. The van der Waals surface area contributed by atoms with Crippen molar-refractivity contribution in [3.63, 3.8) is 0 Å². The summed E-state index contributed by atoms with van der Waals surface area (Å²) >= 11 is 1.65. The number of pyridine rings is 1. The molecule has 0 fully saturated rings. The van der Waals surface area contributed by atoms with Crippen molar-refractivity contribution in [3.05, 3.63) is 83.4 Å². The van der Waals surface area contributed by atoms with Crippen molar-refractivity contribution in [2.24, 2.45) is 0 Å². The van der Waals surface area contributed by atoms with E-state index in [2.05, 4.69) is 28.5 Å². The number of benzene rings is 2. The highest BCUT2D eigenvalue weighted by Gasteiger charge is 2.21. The Labute approximate surface area is 179 Å². The van der Waals surface area contributed by atoms with E-state index < -0.39 is 0 Å². The summed E-state index contributed by atoms with van der Waals surface area (Å²) in [5.74, 6) is -0.222. The second-order valence-corrected chi connectivity index (χ2v) is 8.45. The van der Waals surface area contributed by atoms with Crippen molar-refractivity contribution in [1.82, 2.24) is 4.98 Å². The molecule has 1 aliphatic rings. The Morgan fingerprint density at radius 3 is 2.80 bits per heavy atom. The van der Waals surface area contributed by atoms with Crippen LogP contribution in [0.3, 0.4) is 0 Å². The Morgan fingerprint density at radius 2 is 2.00 bits per heavy atom. The van der Waals surface area contributed by atoms with Crippen molar-refractivity contribution in [2.45, 2.75) is 35.0 Å². The summed E-state index contributed by atoms with van der Waals surface area (Å²) in [6.07, 6.45) is 6.54. The number of anilines is 1. The van der Waals surface area contributed by atoms with Gasteiger partial charge in [0.2, 0.25) is 0 Å². The number of fused-ring (bicyclic) bond motifs is 1. The van der Waals surface area contributed by atoms with E-state index in [4.69, 9.17) is 4.74 Å². The highest BCUT2D eigenvalue weighted by molar-refractivity contribution is 7.99. The van der Waals surface area contributed by atoms with Gasteiger partial charge >= 0.3 is 5.97 Å². The van der Waals surface area contributed by atoms with E-state index in [-0.39, 0.29) is 11.8 Å². The average molecular weight is 423 g/mol. The van der Waals surface area contributed by atoms with E-state index in [1.807, 2.05) is 0 Å². The number of nitrogens with one attached hydrogen (secondary N) is 1. The molecule has 0 saturated carbocycles. The number of aryl methyl sites for hydroxylation is 1. The van der Waals surface area contributed by atoms with Crippen LogP contribution in [-0.4, -0.2) is 24.6 Å². The van der Waals surface area contributed by atoms with Crippen molar-refractivity contribution in [1.29, 1.82) is 0 Å². The van der Waals surface area contributed by atoms with Crippen LogP contribution >= 0.6 is 11.8 Å². The highest BCUT2D eigenvalue weighted by Crippen LogP contribution is 2.36. The normalized spacial score (nSPS) is 15.3. The molecule has 154 valence electrons. The Kier molecular flexibility index (Phi) is 6.33. The summed E-state index contributed by atoms with van der Waals surface area (Å²) in [7, 11) is 1.38. The molecule has 1 heterocycles. The number of halogens is 1. The van der Waals surface area contributed by atoms with Crippen molar-refractivity contribution < 1.29 is 13.9 Å². The maximum Gasteiger partial charge on any atom is 0.340 e. The molecule has 1 atom stereocenters. The molecule has 1 aromatic heterocycles. The predicted molar refractivity (Wildman–Crippen MR) is 117 cm³/mol. The third-order valence-electron chi connectivity index (χ3n) is 5.37. The van der Waals surface area contributed by atoms with E-state index in [0.717, 1.165) is 35.6 Å². The first kappa shape index (κ1) is 20.4. The summed E-state index contributed by atoms with van der Waals surface area (Å²) < 4.78 is 18.0. The lowest BCUT2D eigenvalue weighted by Gasteiger charge is -2.27. The fraction of sp³-hybridized carbons (Fsp3) is 0.250. The molecule has 0 spiro atoms. The molecule has 2 aromatic carbocycles. The van der Waals surface area contributed by atoms with Crippen molar-refractivity contribution in [2.75, 3.05) is 19.0 Å². The van der Waals surface area contributed by atoms with Gasteiger partial charge in [-0.15, -0.1) is 0 Å². The largest absolute Gasteiger partial charge is 0.465 e. The number of aromatic nitrogens is 1. The van der Waals surface area contributed by atoms with E-state index in [1.54, 1.807) is 42.4 Å². The molecule has 0 unspecified atom stereocenters. The van der Waals surface area contributed by atoms with Crippen LogP contribution in [0.2, 0.25) is 0 Å². The number of hydrogen-bond donors (Lipinski definition) is 1. The smallest absolute Gasteiger partial charge is 0.340 e. The van der Waals surface area contributed by atoms with Gasteiger partial charge in [0.25, 0.3) is 0 Å². The second kappa shape index (κ2) is 9.30. The first-order valence-corrected chi connectivity index (χ1v) is 10.8. The zero-order valence-electron chi connectivity index (χ0n) is 16.7. The molecule has 0 radical (unpaired) electrons. The van der Waals surface area contributed by atoms with E-state index >= 15 is 0 Å². The van der Waals surface area contributed by atoms with Crippen molar-refractivity contribution in [3.8, 4) is 0 Å². The number of carbonyl (C=O) groups is 1. The molecule has 4 rings (SSSR count). The number of carbonyl (C=O) groups excluding carboxylic acids is 1. The summed E-state index contributed by atoms with van der Waals surface area (Å²) in [6.45, 7) is 0.729. The van der Waals surface area contributed by atoms with Gasteiger partial charge in [-0.3, -0.25) is 4.98 Å². The highest BCUT2D eigenvalue weighted by atomic mass is 32.2. The first-order chi connectivity index (χ1) is 14.6. The summed E-state index contributed by atoms with van der Waals surface area (Å²) in [5.41, 5.74) is 3.90. The van der Waals surface area contributed by atoms with E-state index in [1.165, 1.54) is 30.4 Å². The van der Waals surface area contributed by atoms with Gasteiger partial charge in [-0.1, -0.05) is 17.8 Å². The van der Waals surface area contributed by atoms with Gasteiger partial charge < -0.3 is 10.1 Å². The molecule has 0 amide bonds. The number of ether oxygens (including phenoxy) is 1. The molecule has 4 nitrogen and oxygen atoms in total. The molecular formula is C24H23FN2O2S. The third-order valence-corrected chi connectivity index (χ3v) is 6.37. The fourth-order valence-corrected chi connectivity index (χ4v) is 4.74. The van der Waals surface area contributed by atoms with Gasteiger partial charge in [0, 0.05) is 28.5 Å². The molecule has 6 heteroatoms. The molecule has 3 aromatic rings. The van der Waals surface area contributed by atoms with Gasteiger partial charge in [-0.05, 0) is 72.9 Å². The fourth-order valence-electron chi connectivity index (χ4n) is 3.86. The Balaban J connectivity index is 1.48. The summed E-state index contributed by atoms with van der Waals surface area (Å²) in [5, 5.41) is 3.39. The third kappa shape index (κ3) is 4.65. The maximum atomic E-state index is 13.1. The molecule has 0 aliphatic heterocycles. The average Bonchev–Trinajstić information content (AvgIpc) is 2.78. The molecule has 30 heavy (non-hydrogen) atoms. The lowest BCUT2D eigenvalue weighted by molar-refractivity contribution is 0.0601. The van der Waals surface area contributed by atoms with E-state index in [9.17, 15) is 9.18 Å². The van der Waals surface area contributed by atoms with Crippen LogP contribution in [0.1, 0.15) is 40.2 Å². The van der Waals surface area contributed by atoms with Crippen LogP contribution in [-0.2, 0) is 11.2 Å². The van der Waals surface area contributed by atoms with Crippen LogP contribution in [0.15, 0.2) is 70.7 Å². The zero-order valence-corrected chi connectivity index (χ0v) is 17.5. The summed E-state index contributed by atoms with van der Waals surface area (Å²) in [4.78, 5) is 18.3. The number of nitrogens with zero attached hydrogens (tertiary/aromatic N) is 1. The van der Waals surface area contributed by atoms with Gasteiger partial charge in [0.1, 0.15) is 5.82 Å². The Morgan fingerprint density at radius 1 is 1.20 bits per heavy atom. The minimum atomic E-state index is -0.369. The Hall–Kier alpha value is -2.86. The standard InChI is InChI=1S/C24H23FN2O2S/c1-29-24(28)22-11-12-26-15-23(22)27-14-17-4-2-3-16-13-20(9-10-21(16)17)30-19-7-5-18(25)6-8-19/h5-13,15,17,27H,2-4,14H2,1H3/t17-/m0/s1. The lowest BCUT2D eigenvalue weighted by Crippen LogP contribution is -2.19. The van der Waals surface area contributed by atoms with Crippen molar-refractivity contribution >= 4 is 23.4 Å². The zero-order chi connectivity index (χ0) is 20.9. The van der Waals surface area contributed by atoms with Gasteiger partial charge in [-0.2, -0.15) is 0 Å². The molecule has 0 saturated heterocycles.